The number of anilines is 1. The van der Waals surface area contributed by atoms with E-state index in [1.165, 1.54) is 0 Å². The molecular weight excluding hydrogens is 269 g/mol. The van der Waals surface area contributed by atoms with Gasteiger partial charge >= 0.3 is 0 Å². The van der Waals surface area contributed by atoms with Crippen LogP contribution in [-0.4, -0.2) is 18.0 Å². The van der Waals surface area contributed by atoms with Crippen molar-refractivity contribution >= 4 is 11.6 Å². The summed E-state index contributed by atoms with van der Waals surface area (Å²) in [6, 6.07) is 0.979. The zero-order valence-corrected chi connectivity index (χ0v) is 11.8. The first-order valence-corrected chi connectivity index (χ1v) is 6.56. The molecule has 0 aliphatic carbocycles. The number of carbonyl (C=O) groups excluding carboxylic acids is 1. The fraction of sp³-hybridized carbons (Fsp3) is 0.500. The molecule has 0 aliphatic heterocycles. The van der Waals surface area contributed by atoms with Crippen LogP contribution in [-0.2, 0) is 4.79 Å². The van der Waals surface area contributed by atoms with E-state index in [1.807, 2.05) is 13.8 Å². The fourth-order valence-corrected chi connectivity index (χ4v) is 1.83. The lowest BCUT2D eigenvalue weighted by Gasteiger charge is -2.19. The van der Waals surface area contributed by atoms with Gasteiger partial charge in [-0.1, -0.05) is 13.3 Å². The summed E-state index contributed by atoms with van der Waals surface area (Å²) < 4.78 is 38.9. The van der Waals surface area contributed by atoms with Crippen molar-refractivity contribution in [2.45, 2.75) is 45.7 Å². The van der Waals surface area contributed by atoms with Gasteiger partial charge in [-0.25, -0.2) is 13.2 Å². The van der Waals surface area contributed by atoms with Crippen LogP contribution in [0.15, 0.2) is 12.1 Å². The fourth-order valence-electron chi connectivity index (χ4n) is 1.83. The molecule has 0 aliphatic rings. The molecule has 3 nitrogen and oxygen atoms in total. The molecule has 0 spiro atoms. The monoisotopic (exact) mass is 288 g/mol. The smallest absolute Gasteiger partial charge is 0.242 e. The minimum absolute atomic E-state index is 0.0206. The van der Waals surface area contributed by atoms with E-state index in [9.17, 15) is 18.0 Å². The van der Waals surface area contributed by atoms with Gasteiger partial charge in [-0.15, -0.1) is 0 Å². The van der Waals surface area contributed by atoms with Gasteiger partial charge in [-0.3, -0.25) is 4.79 Å². The van der Waals surface area contributed by atoms with Gasteiger partial charge in [-0.2, -0.15) is 0 Å². The summed E-state index contributed by atoms with van der Waals surface area (Å²) in [5.41, 5.74) is 0.0206. The number of carbonyl (C=O) groups is 1. The van der Waals surface area contributed by atoms with Crippen molar-refractivity contribution in [3.8, 4) is 0 Å². The van der Waals surface area contributed by atoms with Crippen LogP contribution in [0.2, 0.25) is 0 Å². The van der Waals surface area contributed by atoms with Gasteiger partial charge in [0, 0.05) is 23.9 Å². The van der Waals surface area contributed by atoms with E-state index in [0.717, 1.165) is 25.0 Å². The summed E-state index contributed by atoms with van der Waals surface area (Å²) in [6.07, 6.45) is 1.79. The summed E-state index contributed by atoms with van der Waals surface area (Å²) in [7, 11) is 0. The molecule has 0 fully saturated rings. The number of nitrogens with one attached hydrogen (secondary N) is 2. The summed E-state index contributed by atoms with van der Waals surface area (Å²) in [5, 5.41) is 5.42. The van der Waals surface area contributed by atoms with Crippen LogP contribution < -0.4 is 10.6 Å². The maximum atomic E-state index is 13.0. The summed E-state index contributed by atoms with van der Waals surface area (Å²) in [5.74, 6) is -4.39. The molecule has 112 valence electrons. The highest BCUT2D eigenvalue weighted by Gasteiger charge is 2.17. The second-order valence-electron chi connectivity index (χ2n) is 4.82. The van der Waals surface area contributed by atoms with E-state index < -0.39 is 23.5 Å². The Morgan fingerprint density at radius 3 is 2.25 bits per heavy atom. The van der Waals surface area contributed by atoms with Gasteiger partial charge in [-0.05, 0) is 20.3 Å². The van der Waals surface area contributed by atoms with E-state index in [-0.39, 0.29) is 17.6 Å². The first kappa shape index (κ1) is 16.3. The molecule has 0 saturated heterocycles. The van der Waals surface area contributed by atoms with Crippen LogP contribution in [0, 0.1) is 17.5 Å². The Morgan fingerprint density at radius 1 is 1.20 bits per heavy atom. The van der Waals surface area contributed by atoms with E-state index in [0.29, 0.717) is 0 Å². The molecule has 6 heteroatoms. The molecule has 1 amide bonds. The van der Waals surface area contributed by atoms with E-state index in [1.54, 1.807) is 6.92 Å². The minimum atomic E-state index is -1.52. The predicted molar refractivity (Wildman–Crippen MR) is 71.9 cm³/mol. The number of hydrogen-bond donors (Lipinski definition) is 2. The Balaban J connectivity index is 2.66. The lowest BCUT2D eigenvalue weighted by Crippen LogP contribution is -2.42. The Bertz CT molecular complexity index is 456. The minimum Gasteiger partial charge on any atom is -0.374 e. The van der Waals surface area contributed by atoms with Crippen molar-refractivity contribution in [3.63, 3.8) is 0 Å². The van der Waals surface area contributed by atoms with E-state index in [2.05, 4.69) is 10.6 Å². The molecular formula is C14H19F3N2O. The Kier molecular flexibility index (Phi) is 5.85. The van der Waals surface area contributed by atoms with E-state index >= 15 is 0 Å². The maximum absolute atomic E-state index is 13.0. The van der Waals surface area contributed by atoms with Crippen LogP contribution in [0.5, 0.6) is 0 Å². The average Bonchev–Trinajstić information content (AvgIpc) is 2.35. The van der Waals surface area contributed by atoms with Crippen LogP contribution >= 0.6 is 0 Å². The highest BCUT2D eigenvalue weighted by atomic mass is 19.2. The number of halogens is 3. The molecule has 1 aromatic carbocycles. The van der Waals surface area contributed by atoms with Crippen molar-refractivity contribution in [3.05, 3.63) is 29.6 Å². The molecule has 2 unspecified atom stereocenters. The zero-order valence-electron chi connectivity index (χ0n) is 11.8. The number of amides is 1. The standard InChI is InChI=1S/C14H19F3N2O/c1-4-5-8(2)18-14(20)9(3)19-10-6-11(15)13(17)12(16)7-10/h6-9,19H,4-5H2,1-3H3,(H,18,20). The quantitative estimate of drug-likeness (QED) is 0.789. The van der Waals surface area contributed by atoms with Gasteiger partial charge in [0.2, 0.25) is 5.91 Å². The Labute approximate surface area is 116 Å². The first-order valence-electron chi connectivity index (χ1n) is 6.56. The lowest BCUT2D eigenvalue weighted by atomic mass is 10.2. The van der Waals surface area contributed by atoms with Gasteiger partial charge in [0.05, 0.1) is 0 Å². The van der Waals surface area contributed by atoms with Crippen LogP contribution in [0.1, 0.15) is 33.6 Å². The molecule has 1 aromatic rings. The van der Waals surface area contributed by atoms with Gasteiger partial charge in [0.25, 0.3) is 0 Å². The summed E-state index contributed by atoms with van der Waals surface area (Å²) in [6.45, 7) is 5.45. The predicted octanol–water partition coefficient (Wildman–Crippen LogP) is 3.21. The topological polar surface area (TPSA) is 41.1 Å². The molecule has 0 aromatic heterocycles. The van der Waals surface area contributed by atoms with Gasteiger partial charge in [0.15, 0.2) is 17.5 Å². The normalized spacial score (nSPS) is 13.7. The molecule has 2 N–H and O–H groups in total. The maximum Gasteiger partial charge on any atom is 0.242 e. The summed E-state index contributed by atoms with van der Waals surface area (Å²) >= 11 is 0. The first-order chi connectivity index (χ1) is 9.35. The second-order valence-corrected chi connectivity index (χ2v) is 4.82. The molecule has 0 radical (unpaired) electrons. The van der Waals surface area contributed by atoms with Crippen LogP contribution in [0.25, 0.3) is 0 Å². The third kappa shape index (κ3) is 4.43. The van der Waals surface area contributed by atoms with Crippen molar-refractivity contribution in [1.82, 2.24) is 5.32 Å². The Hall–Kier alpha value is -1.72. The number of hydrogen-bond acceptors (Lipinski definition) is 2. The van der Waals surface area contributed by atoms with Crippen molar-refractivity contribution < 1.29 is 18.0 Å². The Morgan fingerprint density at radius 2 is 1.75 bits per heavy atom. The average molecular weight is 288 g/mol. The third-order valence-electron chi connectivity index (χ3n) is 2.87. The molecule has 0 heterocycles. The van der Waals surface area contributed by atoms with E-state index in [4.69, 9.17) is 0 Å². The number of rotatable bonds is 6. The zero-order chi connectivity index (χ0) is 15.3. The largest absolute Gasteiger partial charge is 0.374 e. The third-order valence-corrected chi connectivity index (χ3v) is 2.87. The molecule has 0 saturated carbocycles. The van der Waals surface area contributed by atoms with Gasteiger partial charge < -0.3 is 10.6 Å². The molecule has 2 atom stereocenters. The highest BCUT2D eigenvalue weighted by molar-refractivity contribution is 5.84. The lowest BCUT2D eigenvalue weighted by molar-refractivity contribution is -0.122. The van der Waals surface area contributed by atoms with Crippen molar-refractivity contribution in [2.75, 3.05) is 5.32 Å². The molecule has 1 rings (SSSR count). The van der Waals surface area contributed by atoms with Gasteiger partial charge in [0.1, 0.15) is 6.04 Å². The van der Waals surface area contributed by atoms with Crippen molar-refractivity contribution in [2.24, 2.45) is 0 Å². The molecule has 0 bridgehead atoms. The number of benzene rings is 1. The second kappa shape index (κ2) is 7.17. The SMILES string of the molecule is CCCC(C)NC(=O)C(C)Nc1cc(F)c(F)c(F)c1. The van der Waals surface area contributed by atoms with Crippen LogP contribution in [0.4, 0.5) is 18.9 Å². The molecule has 20 heavy (non-hydrogen) atoms. The van der Waals surface area contributed by atoms with Crippen LogP contribution in [0.3, 0.4) is 0 Å². The highest BCUT2D eigenvalue weighted by Crippen LogP contribution is 2.18. The summed E-state index contributed by atoms with van der Waals surface area (Å²) in [4.78, 5) is 11.8. The van der Waals surface area contributed by atoms with Crippen molar-refractivity contribution in [1.29, 1.82) is 0 Å².